The van der Waals surface area contributed by atoms with Crippen LogP contribution in [0.15, 0.2) is 87.6 Å². The first-order valence-electron chi connectivity index (χ1n) is 10.6. The fourth-order valence-electron chi connectivity index (χ4n) is 3.87. The number of hydrogen-bond donors (Lipinski definition) is 1. The predicted octanol–water partition coefficient (Wildman–Crippen LogP) is 4.79. The lowest BCUT2D eigenvalue weighted by molar-refractivity contribution is -0.113. The van der Waals surface area contributed by atoms with E-state index in [9.17, 15) is 9.59 Å². The van der Waals surface area contributed by atoms with Gasteiger partial charge < -0.3 is 5.32 Å². The molecule has 0 saturated carbocycles. The molecule has 2 heterocycles. The van der Waals surface area contributed by atoms with Crippen molar-refractivity contribution in [2.24, 2.45) is 0 Å². The number of aryl methyl sites for hydroxylation is 1. The second kappa shape index (κ2) is 9.36. The van der Waals surface area contributed by atoms with Crippen LogP contribution in [0.4, 0.5) is 5.69 Å². The third kappa shape index (κ3) is 3.97. The van der Waals surface area contributed by atoms with Gasteiger partial charge in [-0.3, -0.25) is 14.0 Å². The van der Waals surface area contributed by atoms with E-state index in [4.69, 9.17) is 0 Å². The molecule has 3 aromatic carbocycles. The lowest BCUT2D eigenvalue weighted by Crippen LogP contribution is -2.22. The average Bonchev–Trinajstić information content (AvgIpc) is 3.28. The van der Waals surface area contributed by atoms with Crippen molar-refractivity contribution in [1.82, 2.24) is 19.2 Å². The standard InChI is InChI=1S/C25H21N5O2S2/c1-16-9-3-6-12-19(16)29-23(32)17-10-4-7-13-20(17)30-24(29)27-28-25(30)34-15-22(31)26-18-11-5-8-14-21(18)33-2/h3-14H,15H2,1-2H3,(H,26,31). The zero-order valence-electron chi connectivity index (χ0n) is 18.6. The predicted molar refractivity (Wildman–Crippen MR) is 138 cm³/mol. The van der Waals surface area contributed by atoms with Crippen molar-refractivity contribution < 1.29 is 4.79 Å². The summed E-state index contributed by atoms with van der Waals surface area (Å²) in [5, 5.41) is 12.8. The van der Waals surface area contributed by atoms with Crippen LogP contribution in [0.5, 0.6) is 0 Å². The van der Waals surface area contributed by atoms with Crippen LogP contribution in [0.1, 0.15) is 5.56 Å². The molecule has 1 amide bonds. The van der Waals surface area contributed by atoms with E-state index >= 15 is 0 Å². The van der Waals surface area contributed by atoms with Crippen LogP contribution >= 0.6 is 23.5 Å². The molecule has 0 radical (unpaired) electrons. The molecule has 0 bridgehead atoms. The molecule has 7 nitrogen and oxygen atoms in total. The lowest BCUT2D eigenvalue weighted by atomic mass is 10.2. The van der Waals surface area contributed by atoms with Crippen molar-refractivity contribution in [3.05, 3.63) is 88.7 Å². The van der Waals surface area contributed by atoms with Gasteiger partial charge in [0.2, 0.25) is 11.7 Å². The number of amides is 1. The van der Waals surface area contributed by atoms with Gasteiger partial charge in [0.05, 0.1) is 28.0 Å². The number of anilines is 1. The molecule has 0 aliphatic rings. The molecule has 34 heavy (non-hydrogen) atoms. The maximum atomic E-state index is 13.4. The molecule has 0 atom stereocenters. The van der Waals surface area contributed by atoms with Gasteiger partial charge in [-0.15, -0.1) is 22.0 Å². The van der Waals surface area contributed by atoms with Crippen LogP contribution in [0, 0.1) is 6.92 Å². The minimum atomic E-state index is -0.159. The molecule has 5 rings (SSSR count). The van der Waals surface area contributed by atoms with Crippen LogP contribution in [-0.4, -0.2) is 37.1 Å². The van der Waals surface area contributed by atoms with Crippen molar-refractivity contribution in [3.8, 4) is 5.69 Å². The summed E-state index contributed by atoms with van der Waals surface area (Å²) in [4.78, 5) is 27.2. The second-order valence-corrected chi connectivity index (χ2v) is 9.39. The molecule has 0 saturated heterocycles. The highest BCUT2D eigenvalue weighted by atomic mass is 32.2. The average molecular weight is 488 g/mol. The van der Waals surface area contributed by atoms with Gasteiger partial charge in [0.25, 0.3) is 5.56 Å². The molecule has 5 aromatic rings. The molecular weight excluding hydrogens is 466 g/mol. The zero-order valence-corrected chi connectivity index (χ0v) is 20.2. The SMILES string of the molecule is CSc1ccccc1NC(=O)CSc1nnc2n(-c3ccccc3C)c(=O)c3ccccc3n12. The number of carbonyl (C=O) groups is 1. The number of nitrogens with zero attached hydrogens (tertiary/aromatic N) is 4. The number of aromatic nitrogens is 4. The highest BCUT2D eigenvalue weighted by Gasteiger charge is 2.19. The van der Waals surface area contributed by atoms with Gasteiger partial charge >= 0.3 is 0 Å². The molecule has 1 N–H and O–H groups in total. The molecule has 170 valence electrons. The Kier molecular flexibility index (Phi) is 6.12. The Morgan fingerprint density at radius 3 is 2.53 bits per heavy atom. The van der Waals surface area contributed by atoms with Crippen LogP contribution in [0.3, 0.4) is 0 Å². The zero-order chi connectivity index (χ0) is 23.7. The molecule has 0 fully saturated rings. The van der Waals surface area contributed by atoms with Crippen molar-refractivity contribution in [3.63, 3.8) is 0 Å². The van der Waals surface area contributed by atoms with E-state index < -0.39 is 0 Å². The Hall–Kier alpha value is -3.56. The molecule has 9 heteroatoms. The number of fused-ring (bicyclic) bond motifs is 3. The van der Waals surface area contributed by atoms with Gasteiger partial charge in [-0.25, -0.2) is 4.57 Å². The maximum Gasteiger partial charge on any atom is 0.267 e. The number of hydrogen-bond acceptors (Lipinski definition) is 6. The highest BCUT2D eigenvalue weighted by molar-refractivity contribution is 7.99. The summed E-state index contributed by atoms with van der Waals surface area (Å²) in [5.41, 5.74) is 3.02. The van der Waals surface area contributed by atoms with E-state index in [-0.39, 0.29) is 17.2 Å². The van der Waals surface area contributed by atoms with Gasteiger partial charge in [-0.2, -0.15) is 0 Å². The largest absolute Gasteiger partial charge is 0.324 e. The van der Waals surface area contributed by atoms with E-state index in [1.165, 1.54) is 11.8 Å². The van der Waals surface area contributed by atoms with Crippen LogP contribution in [0.2, 0.25) is 0 Å². The van der Waals surface area contributed by atoms with Crippen molar-refractivity contribution in [2.45, 2.75) is 17.0 Å². The van der Waals surface area contributed by atoms with Gasteiger partial charge in [0.15, 0.2) is 5.16 Å². The Balaban J connectivity index is 1.55. The first-order chi connectivity index (χ1) is 16.6. The monoisotopic (exact) mass is 487 g/mol. The topological polar surface area (TPSA) is 81.3 Å². The fourth-order valence-corrected chi connectivity index (χ4v) is 5.16. The smallest absolute Gasteiger partial charge is 0.267 e. The lowest BCUT2D eigenvalue weighted by Gasteiger charge is -2.13. The minimum absolute atomic E-state index is 0.139. The number of benzene rings is 3. The van der Waals surface area contributed by atoms with Crippen molar-refractivity contribution in [1.29, 1.82) is 0 Å². The van der Waals surface area contributed by atoms with Gasteiger partial charge in [-0.1, -0.05) is 54.2 Å². The Labute approximate surface area is 204 Å². The summed E-state index contributed by atoms with van der Waals surface area (Å²) in [5.74, 6) is 0.426. The number of rotatable bonds is 6. The normalized spacial score (nSPS) is 11.2. The van der Waals surface area contributed by atoms with E-state index in [1.54, 1.807) is 22.4 Å². The van der Waals surface area contributed by atoms with Crippen LogP contribution in [-0.2, 0) is 4.79 Å². The van der Waals surface area contributed by atoms with E-state index in [0.717, 1.165) is 21.8 Å². The van der Waals surface area contributed by atoms with E-state index in [1.807, 2.05) is 84.3 Å². The van der Waals surface area contributed by atoms with Gasteiger partial charge in [0, 0.05) is 4.90 Å². The Bertz CT molecular complexity index is 1590. The van der Waals surface area contributed by atoms with E-state index in [0.29, 0.717) is 21.8 Å². The molecule has 0 unspecified atom stereocenters. The van der Waals surface area contributed by atoms with Crippen molar-refractivity contribution >= 4 is 51.8 Å². The minimum Gasteiger partial charge on any atom is -0.324 e. The van der Waals surface area contributed by atoms with E-state index in [2.05, 4.69) is 15.5 Å². The third-order valence-corrected chi connectivity index (χ3v) is 7.19. The summed E-state index contributed by atoms with van der Waals surface area (Å²) >= 11 is 2.86. The Morgan fingerprint density at radius 1 is 0.971 bits per heavy atom. The summed E-state index contributed by atoms with van der Waals surface area (Å²) in [7, 11) is 0. The Morgan fingerprint density at radius 2 is 1.71 bits per heavy atom. The van der Waals surface area contributed by atoms with Crippen LogP contribution in [0.25, 0.3) is 22.4 Å². The summed E-state index contributed by atoms with van der Waals surface area (Å²) < 4.78 is 3.43. The number of para-hydroxylation sites is 3. The first-order valence-corrected chi connectivity index (χ1v) is 12.8. The molecular formula is C25H21N5O2S2. The van der Waals surface area contributed by atoms with Gasteiger partial charge in [-0.05, 0) is 49.1 Å². The quantitative estimate of drug-likeness (QED) is 0.347. The summed E-state index contributed by atoms with van der Waals surface area (Å²) in [6.45, 7) is 1.95. The van der Waals surface area contributed by atoms with Crippen LogP contribution < -0.4 is 10.9 Å². The summed E-state index contributed by atoms with van der Waals surface area (Å²) in [6.07, 6.45) is 1.97. The number of thioether (sulfide) groups is 2. The molecule has 0 spiro atoms. The molecule has 0 aliphatic carbocycles. The van der Waals surface area contributed by atoms with Gasteiger partial charge in [0.1, 0.15) is 0 Å². The molecule has 2 aromatic heterocycles. The first kappa shape index (κ1) is 22.2. The third-order valence-electron chi connectivity index (χ3n) is 5.46. The molecule has 0 aliphatic heterocycles. The van der Waals surface area contributed by atoms with Crippen molar-refractivity contribution in [2.75, 3.05) is 17.3 Å². The number of carbonyl (C=O) groups excluding carboxylic acids is 1. The highest BCUT2D eigenvalue weighted by Crippen LogP contribution is 2.26. The maximum absolute atomic E-state index is 13.4. The fraction of sp³-hybridized carbons (Fsp3) is 0.120. The number of nitrogens with one attached hydrogen (secondary N) is 1. The second-order valence-electron chi connectivity index (χ2n) is 7.60. The summed E-state index contributed by atoms with van der Waals surface area (Å²) in [6, 6.07) is 22.7.